The minimum absolute atomic E-state index is 0.435. The van der Waals surface area contributed by atoms with E-state index >= 15 is 0 Å². The number of carbonyl (C=O) groups excluding carboxylic acids is 1. The van der Waals surface area contributed by atoms with Gasteiger partial charge in [-0.3, -0.25) is 4.90 Å². The number of aliphatic carboxylic acids is 1. The summed E-state index contributed by atoms with van der Waals surface area (Å²) in [7, 11) is 1.25. The summed E-state index contributed by atoms with van der Waals surface area (Å²) in [6, 6.07) is -0.744. The first-order valence-corrected chi connectivity index (χ1v) is 4.97. The predicted molar refractivity (Wildman–Crippen MR) is 47.9 cm³/mol. The molecular weight excluding hydrogens is 194 g/mol. The highest BCUT2D eigenvalue weighted by Crippen LogP contribution is 2.17. The number of nitrogens with zero attached hydrogens (tertiary/aromatic N) is 1. The molecule has 1 unspecified atom stereocenters. The lowest BCUT2D eigenvalue weighted by Gasteiger charge is -2.31. The van der Waals surface area contributed by atoms with E-state index in [1.807, 2.05) is 0 Å². The van der Waals surface area contributed by atoms with Gasteiger partial charge in [0.1, 0.15) is 6.04 Å². The number of hydrogen-bond donors (Lipinski definition) is 1. The van der Waals surface area contributed by atoms with Crippen LogP contribution in [-0.4, -0.2) is 53.3 Å². The topological polar surface area (TPSA) is 66.8 Å². The third kappa shape index (κ3) is 2.27. The highest BCUT2D eigenvalue weighted by Gasteiger charge is 2.32. The van der Waals surface area contributed by atoms with Crippen LogP contribution in [-0.2, 0) is 9.53 Å². The van der Waals surface area contributed by atoms with Gasteiger partial charge in [0, 0.05) is 18.1 Å². The summed E-state index contributed by atoms with van der Waals surface area (Å²) in [5.41, 5.74) is 0. The van der Waals surface area contributed by atoms with Crippen LogP contribution in [0.2, 0.25) is 0 Å². The monoisotopic (exact) mass is 205 g/mol. The number of hydrogen-bond acceptors (Lipinski definition) is 4. The Bertz CT molecular complexity index is 221. The van der Waals surface area contributed by atoms with Crippen LogP contribution in [0.3, 0.4) is 0 Å². The fraction of sp³-hybridized carbons (Fsp3) is 0.714. The summed E-state index contributed by atoms with van der Waals surface area (Å²) in [5.74, 6) is 0.223. The Morgan fingerprint density at radius 1 is 1.62 bits per heavy atom. The molecule has 0 aromatic heterocycles. The zero-order valence-electron chi connectivity index (χ0n) is 7.23. The van der Waals surface area contributed by atoms with E-state index in [1.54, 1.807) is 0 Å². The van der Waals surface area contributed by atoms with E-state index < -0.39 is 18.1 Å². The minimum atomic E-state index is -0.974. The van der Waals surface area contributed by atoms with Crippen LogP contribution in [0.15, 0.2) is 0 Å². The molecule has 1 aliphatic heterocycles. The molecule has 1 aliphatic rings. The van der Waals surface area contributed by atoms with Crippen molar-refractivity contribution in [2.45, 2.75) is 6.04 Å². The minimum Gasteiger partial charge on any atom is -0.480 e. The summed E-state index contributed by atoms with van der Waals surface area (Å²) in [6.07, 6.45) is -0.562. The van der Waals surface area contributed by atoms with Gasteiger partial charge >= 0.3 is 12.1 Å². The molecule has 1 rings (SSSR count). The van der Waals surface area contributed by atoms with Crippen LogP contribution in [0.25, 0.3) is 0 Å². The summed E-state index contributed by atoms with van der Waals surface area (Å²) in [4.78, 5) is 23.1. The number of methoxy groups -OCH3 is 1. The smallest absolute Gasteiger partial charge is 0.410 e. The largest absolute Gasteiger partial charge is 0.480 e. The quantitative estimate of drug-likeness (QED) is 0.665. The molecule has 1 saturated heterocycles. The summed E-state index contributed by atoms with van der Waals surface area (Å²) < 4.78 is 4.48. The van der Waals surface area contributed by atoms with Gasteiger partial charge in [-0.2, -0.15) is 11.8 Å². The molecular formula is C7H11NO4S. The number of amides is 1. The SMILES string of the molecule is COC(=O)N1CCSCC1C(=O)O. The third-order valence-corrected chi connectivity index (χ3v) is 2.85. The van der Waals surface area contributed by atoms with Gasteiger partial charge in [0.25, 0.3) is 0 Å². The Morgan fingerprint density at radius 3 is 2.85 bits per heavy atom. The number of carboxylic acid groups (broad SMARTS) is 1. The predicted octanol–water partition coefficient (Wildman–Crippen LogP) is 0.255. The number of thioether (sulfide) groups is 1. The van der Waals surface area contributed by atoms with Gasteiger partial charge in [-0.15, -0.1) is 0 Å². The lowest BCUT2D eigenvalue weighted by atomic mass is 10.3. The van der Waals surface area contributed by atoms with Crippen LogP contribution in [0, 0.1) is 0 Å². The van der Waals surface area contributed by atoms with Gasteiger partial charge in [-0.05, 0) is 0 Å². The van der Waals surface area contributed by atoms with E-state index in [9.17, 15) is 9.59 Å². The first-order valence-electron chi connectivity index (χ1n) is 3.82. The Hall–Kier alpha value is -0.910. The Balaban J connectivity index is 2.67. The van der Waals surface area contributed by atoms with Crippen molar-refractivity contribution in [2.75, 3.05) is 25.2 Å². The van der Waals surface area contributed by atoms with Gasteiger partial charge in [0.2, 0.25) is 0 Å². The van der Waals surface area contributed by atoms with E-state index in [2.05, 4.69) is 4.74 Å². The van der Waals surface area contributed by atoms with E-state index in [-0.39, 0.29) is 0 Å². The zero-order valence-corrected chi connectivity index (χ0v) is 8.04. The molecule has 6 heteroatoms. The Morgan fingerprint density at radius 2 is 2.31 bits per heavy atom. The van der Waals surface area contributed by atoms with Gasteiger partial charge in [-0.25, -0.2) is 9.59 Å². The maximum Gasteiger partial charge on any atom is 0.410 e. The molecule has 13 heavy (non-hydrogen) atoms. The second-order valence-corrected chi connectivity index (χ2v) is 3.74. The fourth-order valence-corrected chi connectivity index (χ4v) is 2.18. The summed E-state index contributed by atoms with van der Waals surface area (Å²) in [6.45, 7) is 0.439. The number of carbonyl (C=O) groups is 2. The van der Waals surface area contributed by atoms with Crippen molar-refractivity contribution in [2.24, 2.45) is 0 Å². The highest BCUT2D eigenvalue weighted by atomic mass is 32.2. The molecule has 0 radical (unpaired) electrons. The molecule has 1 N–H and O–H groups in total. The molecule has 5 nitrogen and oxygen atoms in total. The second kappa shape index (κ2) is 4.36. The molecule has 0 aromatic rings. The standard InChI is InChI=1S/C7H11NO4S/c1-12-7(11)8-2-3-13-4-5(8)6(9)10/h5H,2-4H2,1H3,(H,9,10). The molecule has 0 saturated carbocycles. The van der Waals surface area contributed by atoms with Crippen molar-refractivity contribution in [1.29, 1.82) is 0 Å². The van der Waals surface area contributed by atoms with Crippen LogP contribution >= 0.6 is 11.8 Å². The normalized spacial score (nSPS) is 22.5. The molecule has 1 amide bonds. The third-order valence-electron chi connectivity index (χ3n) is 1.82. The van der Waals surface area contributed by atoms with Crippen molar-refractivity contribution in [3.8, 4) is 0 Å². The van der Waals surface area contributed by atoms with E-state index in [0.29, 0.717) is 12.3 Å². The van der Waals surface area contributed by atoms with E-state index in [0.717, 1.165) is 5.75 Å². The lowest BCUT2D eigenvalue weighted by Crippen LogP contribution is -2.50. The van der Waals surface area contributed by atoms with Crippen molar-refractivity contribution in [1.82, 2.24) is 4.90 Å². The first-order chi connectivity index (χ1) is 6.16. The number of rotatable bonds is 1. The number of carboxylic acids is 1. The number of ether oxygens (including phenoxy) is 1. The van der Waals surface area contributed by atoms with Gasteiger partial charge < -0.3 is 9.84 Å². The fourth-order valence-electron chi connectivity index (χ4n) is 1.14. The molecule has 1 heterocycles. The van der Waals surface area contributed by atoms with Crippen molar-refractivity contribution in [3.63, 3.8) is 0 Å². The molecule has 74 valence electrons. The van der Waals surface area contributed by atoms with Crippen LogP contribution < -0.4 is 0 Å². The maximum atomic E-state index is 11.1. The summed E-state index contributed by atoms with van der Waals surface area (Å²) in [5, 5.41) is 8.79. The van der Waals surface area contributed by atoms with Crippen LogP contribution in [0.5, 0.6) is 0 Å². The van der Waals surface area contributed by atoms with Crippen molar-refractivity contribution in [3.05, 3.63) is 0 Å². The van der Waals surface area contributed by atoms with Gasteiger partial charge in [0.15, 0.2) is 0 Å². The van der Waals surface area contributed by atoms with Crippen LogP contribution in [0.4, 0.5) is 4.79 Å². The molecule has 1 fully saturated rings. The average molecular weight is 205 g/mol. The Labute approximate surface area is 80.0 Å². The average Bonchev–Trinajstić information content (AvgIpc) is 2.16. The van der Waals surface area contributed by atoms with Gasteiger partial charge in [0.05, 0.1) is 7.11 Å². The van der Waals surface area contributed by atoms with E-state index in [4.69, 9.17) is 5.11 Å². The summed E-state index contributed by atoms with van der Waals surface area (Å²) >= 11 is 1.53. The Kier molecular flexibility index (Phi) is 3.41. The van der Waals surface area contributed by atoms with Crippen LogP contribution in [0.1, 0.15) is 0 Å². The highest BCUT2D eigenvalue weighted by molar-refractivity contribution is 7.99. The lowest BCUT2D eigenvalue weighted by molar-refractivity contribution is -0.141. The van der Waals surface area contributed by atoms with Crippen molar-refractivity contribution >= 4 is 23.8 Å². The first kappa shape index (κ1) is 10.2. The molecule has 0 spiro atoms. The molecule has 0 aromatic carbocycles. The zero-order chi connectivity index (χ0) is 9.84. The van der Waals surface area contributed by atoms with E-state index in [1.165, 1.54) is 23.8 Å². The van der Waals surface area contributed by atoms with Crippen molar-refractivity contribution < 1.29 is 19.4 Å². The second-order valence-electron chi connectivity index (χ2n) is 2.59. The van der Waals surface area contributed by atoms with Gasteiger partial charge in [-0.1, -0.05) is 0 Å². The molecule has 0 aliphatic carbocycles. The maximum absolute atomic E-state index is 11.1. The molecule has 0 bridgehead atoms. The molecule has 1 atom stereocenters.